The maximum atomic E-state index is 12.7. The first-order valence-electron chi connectivity index (χ1n) is 10.3. The van der Waals surface area contributed by atoms with Crippen LogP contribution < -0.4 is 20.3 Å². The third-order valence-electron chi connectivity index (χ3n) is 5.21. The monoisotopic (exact) mass is 435 g/mol. The van der Waals surface area contributed by atoms with Gasteiger partial charge in [0.15, 0.2) is 17.7 Å². The predicted molar refractivity (Wildman–Crippen MR) is 120 cm³/mol. The van der Waals surface area contributed by atoms with E-state index in [0.717, 1.165) is 31.1 Å². The lowest BCUT2D eigenvalue weighted by atomic mass is 10.1. The Morgan fingerprint density at radius 3 is 2.72 bits per heavy atom. The number of anilines is 3. The minimum atomic E-state index is -0.793. The maximum Gasteiger partial charge on any atom is 0.259 e. The topological polar surface area (TPSA) is 114 Å². The highest BCUT2D eigenvalue weighted by atomic mass is 16.5. The van der Waals surface area contributed by atoms with Gasteiger partial charge in [-0.15, -0.1) is 15.3 Å². The van der Waals surface area contributed by atoms with Crippen LogP contribution in [0.25, 0.3) is 0 Å². The van der Waals surface area contributed by atoms with Gasteiger partial charge in [0, 0.05) is 32.4 Å². The summed E-state index contributed by atoms with van der Waals surface area (Å²) < 4.78 is 10.6. The summed E-state index contributed by atoms with van der Waals surface area (Å²) in [7, 11) is 3.06. The summed E-state index contributed by atoms with van der Waals surface area (Å²) in [6.07, 6.45) is 1.80. The molecule has 1 aliphatic rings. The third-order valence-corrected chi connectivity index (χ3v) is 5.21. The molecule has 0 bridgehead atoms. The lowest BCUT2D eigenvalue weighted by Crippen LogP contribution is -2.27. The Bertz CT molecular complexity index is 1030. The first-order valence-corrected chi connectivity index (χ1v) is 10.3. The fourth-order valence-electron chi connectivity index (χ4n) is 3.63. The van der Waals surface area contributed by atoms with E-state index >= 15 is 0 Å². The van der Waals surface area contributed by atoms with Crippen molar-refractivity contribution in [3.8, 4) is 5.75 Å². The summed E-state index contributed by atoms with van der Waals surface area (Å²) in [4.78, 5) is 14.9. The average molecular weight is 435 g/mol. The predicted octanol–water partition coefficient (Wildman–Crippen LogP) is 2.29. The Labute approximate surface area is 186 Å². The van der Waals surface area contributed by atoms with Gasteiger partial charge in [-0.05, 0) is 48.4 Å². The number of methoxy groups -OCH3 is 2. The van der Waals surface area contributed by atoms with Crippen LogP contribution in [0.5, 0.6) is 5.75 Å². The second-order valence-corrected chi connectivity index (χ2v) is 7.34. The van der Waals surface area contributed by atoms with Crippen molar-refractivity contribution in [3.63, 3.8) is 0 Å². The molecule has 10 heteroatoms. The van der Waals surface area contributed by atoms with Gasteiger partial charge in [0.25, 0.3) is 5.91 Å². The van der Waals surface area contributed by atoms with Gasteiger partial charge in [-0.2, -0.15) is 5.10 Å². The second kappa shape index (κ2) is 10.0. The summed E-state index contributed by atoms with van der Waals surface area (Å²) in [5, 5.41) is 22.5. The average Bonchev–Trinajstić information content (AvgIpc) is 3.29. The van der Waals surface area contributed by atoms with E-state index in [1.54, 1.807) is 25.4 Å². The number of nitrogens with zero attached hydrogens (tertiary/aromatic N) is 5. The van der Waals surface area contributed by atoms with Gasteiger partial charge in [0.1, 0.15) is 11.6 Å². The molecule has 4 rings (SSSR count). The Morgan fingerprint density at radius 1 is 1.09 bits per heavy atom. The summed E-state index contributed by atoms with van der Waals surface area (Å²) in [6, 6.07) is 14.8. The molecule has 0 radical (unpaired) electrons. The number of ether oxygens (including phenoxy) is 2. The summed E-state index contributed by atoms with van der Waals surface area (Å²) >= 11 is 0. The highest BCUT2D eigenvalue weighted by molar-refractivity contribution is 5.94. The third kappa shape index (κ3) is 5.09. The number of amides is 1. The molecule has 32 heavy (non-hydrogen) atoms. The first-order chi connectivity index (χ1) is 15.7. The van der Waals surface area contributed by atoms with Gasteiger partial charge in [0.05, 0.1) is 7.11 Å². The summed E-state index contributed by atoms with van der Waals surface area (Å²) in [5.41, 5.74) is 0.688. The Balaban J connectivity index is 1.35. The van der Waals surface area contributed by atoms with Crippen LogP contribution in [-0.2, 0) is 9.53 Å². The van der Waals surface area contributed by atoms with Crippen molar-refractivity contribution in [1.29, 1.82) is 0 Å². The normalized spacial score (nSPS) is 16.4. The number of hydrogen-bond acceptors (Lipinski definition) is 9. The number of benzene rings is 1. The SMILES string of the molecule is COc1cccc(C(OC)C(=O)Nc2ccc(N3CC[C@@H](Nc4cccnn4)C3)nn2)c1. The molecule has 0 aliphatic carbocycles. The summed E-state index contributed by atoms with van der Waals surface area (Å²) in [6.45, 7) is 1.62. The van der Waals surface area contributed by atoms with E-state index in [2.05, 4.69) is 35.9 Å². The largest absolute Gasteiger partial charge is 0.497 e. The van der Waals surface area contributed by atoms with Crippen LogP contribution in [0.4, 0.5) is 17.5 Å². The van der Waals surface area contributed by atoms with Crippen LogP contribution in [0.3, 0.4) is 0 Å². The number of rotatable bonds is 8. The molecule has 0 spiro atoms. The highest BCUT2D eigenvalue weighted by Crippen LogP contribution is 2.24. The molecule has 166 valence electrons. The van der Waals surface area contributed by atoms with Crippen LogP contribution in [0.15, 0.2) is 54.7 Å². The Morgan fingerprint density at radius 2 is 2.00 bits per heavy atom. The molecular formula is C22H25N7O3. The number of carbonyl (C=O) groups excluding carboxylic acids is 1. The molecule has 1 aliphatic heterocycles. The fraction of sp³-hybridized carbons (Fsp3) is 0.318. The van der Waals surface area contributed by atoms with Crippen LogP contribution in [0.1, 0.15) is 18.1 Å². The van der Waals surface area contributed by atoms with Crippen LogP contribution in [-0.4, -0.2) is 59.7 Å². The molecule has 3 heterocycles. The van der Waals surface area contributed by atoms with Crippen molar-refractivity contribution < 1.29 is 14.3 Å². The first kappa shape index (κ1) is 21.4. The minimum absolute atomic E-state index is 0.248. The van der Waals surface area contributed by atoms with Gasteiger partial charge >= 0.3 is 0 Å². The van der Waals surface area contributed by atoms with Crippen molar-refractivity contribution in [2.45, 2.75) is 18.6 Å². The van der Waals surface area contributed by atoms with E-state index in [4.69, 9.17) is 9.47 Å². The molecular weight excluding hydrogens is 410 g/mol. The number of carbonyl (C=O) groups is 1. The lowest BCUT2D eigenvalue weighted by Gasteiger charge is -2.18. The Kier molecular flexibility index (Phi) is 6.71. The molecule has 0 saturated carbocycles. The van der Waals surface area contributed by atoms with Crippen molar-refractivity contribution >= 4 is 23.4 Å². The smallest absolute Gasteiger partial charge is 0.259 e. The zero-order valence-corrected chi connectivity index (χ0v) is 17.9. The van der Waals surface area contributed by atoms with Gasteiger partial charge < -0.3 is 25.0 Å². The van der Waals surface area contributed by atoms with E-state index < -0.39 is 6.10 Å². The standard InChI is InChI=1S/C22H25N7O3/c1-31-17-6-3-5-15(13-17)21(32-2)22(30)25-19-8-9-20(28-27-19)29-12-10-16(14-29)24-18-7-4-11-23-26-18/h3-9,11,13,16,21H,10,12,14H2,1-2H3,(H,24,26)(H,25,27,30)/t16-,21?/m1/s1. The molecule has 1 saturated heterocycles. The molecule has 1 aromatic carbocycles. The highest BCUT2D eigenvalue weighted by Gasteiger charge is 2.25. The molecule has 2 aromatic heterocycles. The van der Waals surface area contributed by atoms with Crippen molar-refractivity contribution in [1.82, 2.24) is 20.4 Å². The van der Waals surface area contributed by atoms with Gasteiger partial charge in [-0.25, -0.2) is 0 Å². The molecule has 2 N–H and O–H groups in total. The Hall–Kier alpha value is -3.79. The molecule has 1 amide bonds. The number of nitrogens with one attached hydrogen (secondary N) is 2. The zero-order chi connectivity index (χ0) is 22.3. The number of aromatic nitrogens is 4. The van der Waals surface area contributed by atoms with Gasteiger partial charge in [-0.3, -0.25) is 4.79 Å². The molecule has 3 aromatic rings. The van der Waals surface area contributed by atoms with Gasteiger partial charge in [0.2, 0.25) is 0 Å². The van der Waals surface area contributed by atoms with Crippen molar-refractivity contribution in [3.05, 3.63) is 60.3 Å². The second-order valence-electron chi connectivity index (χ2n) is 7.34. The van der Waals surface area contributed by atoms with Crippen molar-refractivity contribution in [2.24, 2.45) is 0 Å². The fourth-order valence-corrected chi connectivity index (χ4v) is 3.63. The molecule has 1 fully saturated rings. The van der Waals surface area contributed by atoms with E-state index in [-0.39, 0.29) is 11.9 Å². The molecule has 2 atom stereocenters. The van der Waals surface area contributed by atoms with E-state index in [1.165, 1.54) is 7.11 Å². The van der Waals surface area contributed by atoms with Gasteiger partial charge in [-0.1, -0.05) is 12.1 Å². The zero-order valence-electron chi connectivity index (χ0n) is 17.9. The minimum Gasteiger partial charge on any atom is -0.497 e. The molecule has 1 unspecified atom stereocenters. The quantitative estimate of drug-likeness (QED) is 0.550. The van der Waals surface area contributed by atoms with E-state index in [9.17, 15) is 4.79 Å². The lowest BCUT2D eigenvalue weighted by molar-refractivity contribution is -0.126. The van der Waals surface area contributed by atoms with Crippen molar-refractivity contribution in [2.75, 3.05) is 42.8 Å². The van der Waals surface area contributed by atoms with E-state index in [0.29, 0.717) is 17.1 Å². The van der Waals surface area contributed by atoms with Crippen LogP contribution in [0, 0.1) is 0 Å². The van der Waals surface area contributed by atoms with Crippen LogP contribution in [0.2, 0.25) is 0 Å². The van der Waals surface area contributed by atoms with E-state index in [1.807, 2.05) is 36.4 Å². The van der Waals surface area contributed by atoms with Crippen LogP contribution >= 0.6 is 0 Å². The maximum absolute atomic E-state index is 12.7. The molecule has 10 nitrogen and oxygen atoms in total. The summed E-state index contributed by atoms with van der Waals surface area (Å²) in [5.74, 6) is 2.18. The number of hydrogen-bond donors (Lipinski definition) is 2.